The lowest BCUT2D eigenvalue weighted by molar-refractivity contribution is -0.525. The van der Waals surface area contributed by atoms with Crippen molar-refractivity contribution in [3.05, 3.63) is 69.8 Å². The van der Waals surface area contributed by atoms with E-state index in [1.54, 1.807) is 0 Å². The molecular formula is C18H20N2O5. The Morgan fingerprint density at radius 3 is 2.80 bits per heavy atom. The lowest BCUT2D eigenvalue weighted by Crippen LogP contribution is -2.35. The van der Waals surface area contributed by atoms with Crippen molar-refractivity contribution < 1.29 is 19.4 Å². The molecule has 1 fully saturated rings. The molecule has 7 heteroatoms. The van der Waals surface area contributed by atoms with Crippen molar-refractivity contribution >= 4 is 5.69 Å². The van der Waals surface area contributed by atoms with E-state index in [2.05, 4.69) is 19.1 Å². The van der Waals surface area contributed by atoms with Crippen molar-refractivity contribution in [1.29, 1.82) is 0 Å². The zero-order valence-electron chi connectivity index (χ0n) is 14.0. The standard InChI is InChI=1S/C18H20N2O5/c1-2-4-14-5-3-6-15(13-14)18-11-12-23-20(25-18)24-17-9-7-16(8-10-17)19(21)22/h3,5-10,13,18H,2,4,11-12H2,1H3. The number of rotatable bonds is 6. The highest BCUT2D eigenvalue weighted by Gasteiger charge is 2.25. The van der Waals surface area contributed by atoms with Crippen LogP contribution in [0.15, 0.2) is 48.5 Å². The van der Waals surface area contributed by atoms with E-state index in [-0.39, 0.29) is 11.8 Å². The SMILES string of the molecule is CCCc1cccc(C2CCON(Oc3ccc([N+](=O)[O-])cc3)O2)c1. The Morgan fingerprint density at radius 2 is 2.08 bits per heavy atom. The Bertz CT molecular complexity index is 720. The lowest BCUT2D eigenvalue weighted by Gasteiger charge is -2.30. The van der Waals surface area contributed by atoms with Crippen LogP contribution in [0.3, 0.4) is 0 Å². The van der Waals surface area contributed by atoms with Crippen LogP contribution in [0.25, 0.3) is 0 Å². The number of nitrogens with zero attached hydrogens (tertiary/aromatic N) is 2. The molecule has 1 aliphatic heterocycles. The Morgan fingerprint density at radius 1 is 1.28 bits per heavy atom. The van der Waals surface area contributed by atoms with Gasteiger partial charge in [0, 0.05) is 18.6 Å². The highest BCUT2D eigenvalue weighted by molar-refractivity contribution is 5.35. The van der Waals surface area contributed by atoms with Gasteiger partial charge < -0.3 is 4.84 Å². The van der Waals surface area contributed by atoms with Gasteiger partial charge in [-0.2, -0.15) is 0 Å². The Labute approximate surface area is 145 Å². The molecule has 132 valence electrons. The maximum Gasteiger partial charge on any atom is 0.269 e. The highest BCUT2D eigenvalue weighted by Crippen LogP contribution is 2.29. The summed E-state index contributed by atoms with van der Waals surface area (Å²) in [5, 5.41) is 11.7. The number of benzene rings is 2. The fraction of sp³-hybridized carbons (Fsp3) is 0.333. The maximum atomic E-state index is 10.7. The number of hydrogen-bond donors (Lipinski definition) is 0. The molecule has 25 heavy (non-hydrogen) atoms. The molecule has 1 aliphatic rings. The summed E-state index contributed by atoms with van der Waals surface area (Å²) in [4.78, 5) is 26.8. The van der Waals surface area contributed by atoms with Gasteiger partial charge in [-0.1, -0.05) is 37.6 Å². The lowest BCUT2D eigenvalue weighted by atomic mass is 10.0. The molecular weight excluding hydrogens is 324 g/mol. The van der Waals surface area contributed by atoms with Gasteiger partial charge in [-0.05, 0) is 29.7 Å². The van der Waals surface area contributed by atoms with Crippen molar-refractivity contribution in [2.24, 2.45) is 0 Å². The molecule has 0 radical (unpaired) electrons. The zero-order chi connectivity index (χ0) is 17.6. The largest absolute Gasteiger partial charge is 0.357 e. The van der Waals surface area contributed by atoms with Gasteiger partial charge in [0.1, 0.15) is 11.5 Å². The third-order valence-electron chi connectivity index (χ3n) is 3.88. The van der Waals surface area contributed by atoms with Crippen LogP contribution in [0.4, 0.5) is 5.69 Å². The van der Waals surface area contributed by atoms with Gasteiger partial charge >= 0.3 is 0 Å². The van der Waals surface area contributed by atoms with Crippen LogP contribution >= 0.6 is 0 Å². The molecule has 1 saturated heterocycles. The molecule has 0 bridgehead atoms. The molecule has 1 heterocycles. The molecule has 0 spiro atoms. The van der Waals surface area contributed by atoms with Gasteiger partial charge in [-0.15, -0.1) is 0 Å². The van der Waals surface area contributed by atoms with E-state index in [1.165, 1.54) is 29.8 Å². The van der Waals surface area contributed by atoms with Crippen LogP contribution < -0.4 is 4.84 Å². The number of nitro benzene ring substituents is 1. The van der Waals surface area contributed by atoms with Crippen LogP contribution in [-0.2, 0) is 16.1 Å². The molecule has 0 amide bonds. The summed E-state index contributed by atoms with van der Waals surface area (Å²) in [7, 11) is 0. The minimum Gasteiger partial charge on any atom is -0.357 e. The third kappa shape index (κ3) is 4.54. The van der Waals surface area contributed by atoms with Gasteiger partial charge in [0.2, 0.25) is 0 Å². The van der Waals surface area contributed by atoms with E-state index in [4.69, 9.17) is 14.5 Å². The number of non-ortho nitro benzene ring substituents is 1. The Hall–Kier alpha value is -2.48. The number of nitro groups is 1. The monoisotopic (exact) mass is 344 g/mol. The summed E-state index contributed by atoms with van der Waals surface area (Å²) in [6, 6.07) is 14.0. The first-order valence-electron chi connectivity index (χ1n) is 8.27. The normalized spacial score (nSPS) is 18.0. The fourth-order valence-electron chi connectivity index (χ4n) is 2.65. The van der Waals surface area contributed by atoms with Crippen molar-refractivity contribution in [2.45, 2.75) is 32.3 Å². The summed E-state index contributed by atoms with van der Waals surface area (Å²) in [6.45, 7) is 2.60. The second-order valence-electron chi connectivity index (χ2n) is 5.78. The molecule has 3 rings (SSSR count). The molecule has 1 unspecified atom stereocenters. The minimum absolute atomic E-state index is 0.00144. The highest BCUT2D eigenvalue weighted by atomic mass is 17.2. The van der Waals surface area contributed by atoms with Crippen molar-refractivity contribution in [1.82, 2.24) is 5.39 Å². The van der Waals surface area contributed by atoms with Crippen molar-refractivity contribution in [3.63, 3.8) is 0 Å². The van der Waals surface area contributed by atoms with Crippen LogP contribution in [0.2, 0.25) is 0 Å². The van der Waals surface area contributed by atoms with E-state index in [0.29, 0.717) is 12.4 Å². The van der Waals surface area contributed by atoms with E-state index < -0.39 is 4.92 Å². The first-order chi connectivity index (χ1) is 12.2. The summed E-state index contributed by atoms with van der Waals surface area (Å²) in [6.07, 6.45) is 2.67. The second kappa shape index (κ2) is 8.06. The minimum atomic E-state index is -0.461. The number of hydrogen-bond acceptors (Lipinski definition) is 6. The van der Waals surface area contributed by atoms with Gasteiger partial charge in [0.25, 0.3) is 5.69 Å². The van der Waals surface area contributed by atoms with Crippen molar-refractivity contribution in [3.8, 4) is 5.75 Å². The van der Waals surface area contributed by atoms with E-state index in [1.807, 2.05) is 12.1 Å². The molecule has 2 aromatic carbocycles. The number of aryl methyl sites for hydroxylation is 1. The van der Waals surface area contributed by atoms with Crippen LogP contribution in [-0.4, -0.2) is 16.9 Å². The fourth-order valence-corrected chi connectivity index (χ4v) is 2.65. The molecule has 0 N–H and O–H groups in total. The predicted molar refractivity (Wildman–Crippen MR) is 90.4 cm³/mol. The average Bonchev–Trinajstić information content (AvgIpc) is 2.63. The third-order valence-corrected chi connectivity index (χ3v) is 3.88. The van der Waals surface area contributed by atoms with E-state index in [0.717, 1.165) is 30.2 Å². The molecule has 0 saturated carbocycles. The summed E-state index contributed by atoms with van der Waals surface area (Å²) in [5.41, 5.74) is 2.35. The van der Waals surface area contributed by atoms with Crippen LogP contribution in [0.5, 0.6) is 5.75 Å². The first-order valence-corrected chi connectivity index (χ1v) is 8.27. The zero-order valence-corrected chi connectivity index (χ0v) is 14.0. The van der Waals surface area contributed by atoms with E-state index >= 15 is 0 Å². The van der Waals surface area contributed by atoms with Gasteiger partial charge in [-0.25, -0.2) is 9.68 Å². The summed E-state index contributed by atoms with van der Waals surface area (Å²) < 4.78 is 0. The summed E-state index contributed by atoms with van der Waals surface area (Å²) >= 11 is 0. The predicted octanol–water partition coefficient (Wildman–Crippen LogP) is 4.15. The topological polar surface area (TPSA) is 74.1 Å². The smallest absolute Gasteiger partial charge is 0.269 e. The molecule has 1 atom stereocenters. The first kappa shape index (κ1) is 17.3. The van der Waals surface area contributed by atoms with Crippen molar-refractivity contribution in [2.75, 3.05) is 6.61 Å². The quantitative estimate of drug-likeness (QED) is 0.579. The molecule has 2 aromatic rings. The second-order valence-corrected chi connectivity index (χ2v) is 5.78. The maximum absolute atomic E-state index is 10.7. The summed E-state index contributed by atoms with van der Waals surface area (Å²) in [5.74, 6) is 0.394. The molecule has 0 aromatic heterocycles. The Balaban J connectivity index is 1.64. The molecule has 0 aliphatic carbocycles. The van der Waals surface area contributed by atoms with Gasteiger partial charge in [0.15, 0.2) is 5.75 Å². The van der Waals surface area contributed by atoms with Crippen LogP contribution in [0, 0.1) is 10.1 Å². The van der Waals surface area contributed by atoms with Crippen LogP contribution in [0.1, 0.15) is 37.0 Å². The Kier molecular flexibility index (Phi) is 5.60. The van der Waals surface area contributed by atoms with E-state index in [9.17, 15) is 10.1 Å². The average molecular weight is 344 g/mol. The van der Waals surface area contributed by atoms with Gasteiger partial charge in [0.05, 0.1) is 11.5 Å². The van der Waals surface area contributed by atoms with Gasteiger partial charge in [-0.3, -0.25) is 10.1 Å². The molecule has 7 nitrogen and oxygen atoms in total.